The number of anilines is 1. The number of para-hydroxylation sites is 1. The van der Waals surface area contributed by atoms with Crippen LogP contribution >= 0.6 is 23.2 Å². The van der Waals surface area contributed by atoms with Gasteiger partial charge in [0, 0.05) is 15.7 Å². The van der Waals surface area contributed by atoms with Crippen molar-refractivity contribution in [2.75, 3.05) is 32.1 Å². The first-order valence-electron chi connectivity index (χ1n) is 8.25. The van der Waals surface area contributed by atoms with Crippen molar-refractivity contribution in [1.82, 2.24) is 10.2 Å². The number of nitrogens with one attached hydrogen (secondary N) is 1. The van der Waals surface area contributed by atoms with Crippen molar-refractivity contribution in [3.63, 3.8) is 0 Å². The Morgan fingerprint density at radius 1 is 1.12 bits per heavy atom. The van der Waals surface area contributed by atoms with Gasteiger partial charge in [0.15, 0.2) is 0 Å². The largest absolute Gasteiger partial charge is 0.492 e. The zero-order valence-electron chi connectivity index (χ0n) is 15.1. The molecule has 0 radical (unpaired) electrons. The summed E-state index contributed by atoms with van der Waals surface area (Å²) in [4.78, 5) is 16.3. The van der Waals surface area contributed by atoms with Crippen LogP contribution in [0.2, 0.25) is 10.0 Å². The van der Waals surface area contributed by atoms with Gasteiger partial charge in [0.25, 0.3) is 0 Å². The lowest BCUT2D eigenvalue weighted by Gasteiger charge is -2.28. The Kier molecular flexibility index (Phi) is 7.57. The normalized spacial score (nSPS) is 11.9. The maximum Gasteiger partial charge on any atom is 0.323 e. The number of hydrogen-bond donors (Lipinski definition) is 1. The summed E-state index contributed by atoms with van der Waals surface area (Å²) in [5, 5.41) is 3.97. The third kappa shape index (κ3) is 6.09. The summed E-state index contributed by atoms with van der Waals surface area (Å²) in [5.74, 6) is 0.567. The van der Waals surface area contributed by atoms with E-state index in [1.165, 1.54) is 0 Å². The maximum atomic E-state index is 12.7. The molecule has 1 atom stereocenters. The second kappa shape index (κ2) is 9.67. The quantitative estimate of drug-likeness (QED) is 0.702. The Hall–Kier alpha value is -1.95. The lowest BCUT2D eigenvalue weighted by atomic mass is 10.3. The minimum atomic E-state index is -0.190. The molecule has 1 N–H and O–H groups in total. The summed E-state index contributed by atoms with van der Waals surface area (Å²) in [7, 11) is 3.81. The van der Waals surface area contributed by atoms with Crippen LogP contribution in [-0.4, -0.2) is 44.3 Å². The lowest BCUT2D eigenvalue weighted by Crippen LogP contribution is -2.50. The standard InChI is InChI=1S/C19H23Cl2N3O2/c1-14(23(2)3)22-19(25)24(17-7-5-4-6-8-17)9-10-26-18-12-15(20)11-16(21)13-18/h4-8,11-14H,9-10H2,1-3H3,(H,22,25). The van der Waals surface area contributed by atoms with Crippen LogP contribution < -0.4 is 15.0 Å². The second-order valence-corrected chi connectivity index (χ2v) is 6.90. The molecule has 0 aliphatic rings. The molecule has 1 unspecified atom stereocenters. The number of amides is 2. The van der Waals surface area contributed by atoms with Gasteiger partial charge < -0.3 is 10.1 Å². The fraction of sp³-hybridized carbons (Fsp3) is 0.316. The van der Waals surface area contributed by atoms with Crippen molar-refractivity contribution in [3.8, 4) is 5.75 Å². The van der Waals surface area contributed by atoms with Gasteiger partial charge in [-0.3, -0.25) is 9.80 Å². The number of urea groups is 1. The summed E-state index contributed by atoms with van der Waals surface area (Å²) in [5.41, 5.74) is 0.795. The summed E-state index contributed by atoms with van der Waals surface area (Å²) in [6.45, 7) is 2.60. The predicted molar refractivity (Wildman–Crippen MR) is 107 cm³/mol. The van der Waals surface area contributed by atoms with Crippen LogP contribution in [0.25, 0.3) is 0 Å². The van der Waals surface area contributed by atoms with Gasteiger partial charge in [0.05, 0.1) is 12.7 Å². The molecule has 2 aromatic rings. The van der Waals surface area contributed by atoms with Gasteiger partial charge in [-0.25, -0.2) is 4.79 Å². The minimum Gasteiger partial charge on any atom is -0.492 e. The van der Waals surface area contributed by atoms with Gasteiger partial charge >= 0.3 is 6.03 Å². The van der Waals surface area contributed by atoms with Crippen LogP contribution in [0.5, 0.6) is 5.75 Å². The smallest absolute Gasteiger partial charge is 0.323 e. The highest BCUT2D eigenvalue weighted by Gasteiger charge is 2.18. The van der Waals surface area contributed by atoms with Gasteiger partial charge in [-0.15, -0.1) is 0 Å². The van der Waals surface area contributed by atoms with Crippen LogP contribution in [0.15, 0.2) is 48.5 Å². The van der Waals surface area contributed by atoms with Crippen molar-refractivity contribution in [2.24, 2.45) is 0 Å². The number of ether oxygens (including phenoxy) is 1. The van der Waals surface area contributed by atoms with Crippen LogP contribution in [0.1, 0.15) is 6.92 Å². The maximum absolute atomic E-state index is 12.7. The zero-order chi connectivity index (χ0) is 19.1. The molecule has 0 heterocycles. The number of hydrogen-bond acceptors (Lipinski definition) is 3. The van der Waals surface area contributed by atoms with E-state index in [0.29, 0.717) is 28.9 Å². The third-order valence-corrected chi connectivity index (χ3v) is 4.28. The highest BCUT2D eigenvalue weighted by Crippen LogP contribution is 2.24. The fourth-order valence-corrected chi connectivity index (χ4v) is 2.71. The molecule has 0 saturated carbocycles. The minimum absolute atomic E-state index is 0.0960. The molecule has 7 heteroatoms. The molecule has 2 rings (SSSR count). The average Bonchev–Trinajstić information content (AvgIpc) is 2.58. The molecule has 5 nitrogen and oxygen atoms in total. The van der Waals surface area contributed by atoms with Crippen LogP contribution in [0.4, 0.5) is 10.5 Å². The van der Waals surface area contributed by atoms with Crippen LogP contribution in [0.3, 0.4) is 0 Å². The Labute approximate surface area is 164 Å². The van der Waals surface area contributed by atoms with E-state index in [0.717, 1.165) is 5.69 Å². The Morgan fingerprint density at radius 3 is 2.31 bits per heavy atom. The number of carbonyl (C=O) groups is 1. The van der Waals surface area contributed by atoms with Gasteiger partial charge in [-0.2, -0.15) is 0 Å². The predicted octanol–water partition coefficient (Wildman–Crippen LogP) is 4.50. The van der Waals surface area contributed by atoms with Crippen LogP contribution in [-0.2, 0) is 0 Å². The van der Waals surface area contributed by atoms with Gasteiger partial charge in [-0.1, -0.05) is 41.4 Å². The molecule has 2 amide bonds. The summed E-state index contributed by atoms with van der Waals surface area (Å²) in [6, 6.07) is 14.3. The third-order valence-electron chi connectivity index (χ3n) is 3.84. The molecule has 0 aliphatic heterocycles. The van der Waals surface area contributed by atoms with E-state index >= 15 is 0 Å². The highest BCUT2D eigenvalue weighted by atomic mass is 35.5. The van der Waals surface area contributed by atoms with Crippen molar-refractivity contribution in [1.29, 1.82) is 0 Å². The van der Waals surface area contributed by atoms with Crippen molar-refractivity contribution in [3.05, 3.63) is 58.6 Å². The highest BCUT2D eigenvalue weighted by molar-refractivity contribution is 6.34. The van der Waals surface area contributed by atoms with E-state index in [1.807, 2.05) is 56.3 Å². The molecule has 0 aliphatic carbocycles. The SMILES string of the molecule is CC(NC(=O)N(CCOc1cc(Cl)cc(Cl)c1)c1ccccc1)N(C)C. The van der Waals surface area contributed by atoms with E-state index in [1.54, 1.807) is 23.1 Å². The summed E-state index contributed by atoms with van der Waals surface area (Å²) in [6.07, 6.45) is -0.0960. The summed E-state index contributed by atoms with van der Waals surface area (Å²) >= 11 is 12.0. The number of carbonyl (C=O) groups excluding carboxylic acids is 1. The fourth-order valence-electron chi connectivity index (χ4n) is 2.21. The molecule has 0 saturated heterocycles. The van der Waals surface area contributed by atoms with Gasteiger partial charge in [-0.05, 0) is 51.4 Å². The molecule has 0 bridgehead atoms. The first kappa shape index (κ1) is 20.4. The molecule has 2 aromatic carbocycles. The first-order valence-corrected chi connectivity index (χ1v) is 9.01. The zero-order valence-corrected chi connectivity index (χ0v) is 16.6. The van der Waals surface area contributed by atoms with Crippen molar-refractivity contribution >= 4 is 34.9 Å². The van der Waals surface area contributed by atoms with Crippen molar-refractivity contribution in [2.45, 2.75) is 13.1 Å². The number of rotatable bonds is 7. The van der Waals surface area contributed by atoms with E-state index in [-0.39, 0.29) is 12.2 Å². The van der Waals surface area contributed by atoms with Gasteiger partial charge in [0.2, 0.25) is 0 Å². The molecule has 26 heavy (non-hydrogen) atoms. The molecule has 0 aromatic heterocycles. The monoisotopic (exact) mass is 395 g/mol. The average molecular weight is 396 g/mol. The Morgan fingerprint density at radius 2 is 1.73 bits per heavy atom. The first-order chi connectivity index (χ1) is 12.4. The number of nitrogens with zero attached hydrogens (tertiary/aromatic N) is 2. The Bertz CT molecular complexity index is 706. The topological polar surface area (TPSA) is 44.8 Å². The lowest BCUT2D eigenvalue weighted by molar-refractivity contribution is 0.220. The van der Waals surface area contributed by atoms with E-state index in [9.17, 15) is 4.79 Å². The van der Waals surface area contributed by atoms with Crippen LogP contribution in [0, 0.1) is 0 Å². The number of halogens is 2. The number of benzene rings is 2. The molecular weight excluding hydrogens is 373 g/mol. The molecule has 0 spiro atoms. The Balaban J connectivity index is 2.05. The summed E-state index contributed by atoms with van der Waals surface area (Å²) < 4.78 is 5.72. The van der Waals surface area contributed by atoms with Crippen molar-refractivity contribution < 1.29 is 9.53 Å². The van der Waals surface area contributed by atoms with E-state index in [2.05, 4.69) is 5.32 Å². The van der Waals surface area contributed by atoms with Gasteiger partial charge in [0.1, 0.15) is 12.4 Å². The van der Waals surface area contributed by atoms with E-state index < -0.39 is 0 Å². The molecule has 140 valence electrons. The second-order valence-electron chi connectivity index (χ2n) is 6.03. The molecular formula is C19H23Cl2N3O2. The van der Waals surface area contributed by atoms with E-state index in [4.69, 9.17) is 27.9 Å². The molecule has 0 fully saturated rings.